The van der Waals surface area contributed by atoms with E-state index in [0.717, 1.165) is 16.7 Å². The number of benzene rings is 3. The molecule has 3 rings (SSSR count). The molecule has 0 aliphatic heterocycles. The second kappa shape index (κ2) is 11.0. The van der Waals surface area contributed by atoms with E-state index in [9.17, 15) is 9.59 Å². The molecule has 4 heteroatoms. The van der Waals surface area contributed by atoms with Crippen molar-refractivity contribution in [3.8, 4) is 0 Å². The fourth-order valence-corrected chi connectivity index (χ4v) is 3.44. The summed E-state index contributed by atoms with van der Waals surface area (Å²) in [5.74, 6) is -0.171. The first-order valence-corrected chi connectivity index (χ1v) is 10.4. The second-order valence-electron chi connectivity index (χ2n) is 7.27. The molecule has 4 nitrogen and oxygen atoms in total. The third kappa shape index (κ3) is 6.05. The highest BCUT2D eigenvalue weighted by molar-refractivity contribution is 5.87. The molecule has 3 aromatic rings. The molecule has 3 aromatic carbocycles. The Morgan fingerprint density at radius 1 is 0.767 bits per heavy atom. The van der Waals surface area contributed by atoms with Crippen LogP contribution in [0.3, 0.4) is 0 Å². The zero-order valence-electron chi connectivity index (χ0n) is 17.3. The van der Waals surface area contributed by atoms with Gasteiger partial charge in [-0.15, -0.1) is 0 Å². The van der Waals surface area contributed by atoms with Crippen LogP contribution in [0.5, 0.6) is 0 Å². The Morgan fingerprint density at radius 3 is 1.80 bits per heavy atom. The van der Waals surface area contributed by atoms with Gasteiger partial charge >= 0.3 is 0 Å². The van der Waals surface area contributed by atoms with E-state index in [0.29, 0.717) is 25.9 Å². The minimum atomic E-state index is -0.580. The van der Waals surface area contributed by atoms with Gasteiger partial charge in [-0.3, -0.25) is 9.59 Å². The first kappa shape index (κ1) is 21.3. The number of hydrogen-bond donors (Lipinski definition) is 1. The SMILES string of the molecule is CCC(=O)N(Cc1ccccc1)[C@H](Cc1ccccc1)C(=O)NCc1ccccc1. The second-order valence-corrected chi connectivity index (χ2v) is 7.27. The van der Waals surface area contributed by atoms with E-state index in [4.69, 9.17) is 0 Å². The van der Waals surface area contributed by atoms with E-state index in [1.807, 2.05) is 97.9 Å². The maximum absolute atomic E-state index is 13.3. The van der Waals surface area contributed by atoms with Crippen molar-refractivity contribution in [2.45, 2.75) is 38.9 Å². The van der Waals surface area contributed by atoms with Gasteiger partial charge < -0.3 is 10.2 Å². The maximum atomic E-state index is 13.3. The molecule has 0 saturated heterocycles. The molecule has 1 N–H and O–H groups in total. The van der Waals surface area contributed by atoms with E-state index in [-0.39, 0.29) is 11.8 Å². The predicted molar refractivity (Wildman–Crippen MR) is 120 cm³/mol. The highest BCUT2D eigenvalue weighted by Gasteiger charge is 2.29. The van der Waals surface area contributed by atoms with Crippen LogP contribution < -0.4 is 5.32 Å². The normalized spacial score (nSPS) is 11.5. The summed E-state index contributed by atoms with van der Waals surface area (Å²) in [6.45, 7) is 2.68. The Balaban J connectivity index is 1.84. The molecule has 154 valence electrons. The average molecular weight is 401 g/mol. The Kier molecular flexibility index (Phi) is 7.78. The standard InChI is InChI=1S/C26H28N2O2/c1-2-25(29)28(20-23-16-10-5-11-17-23)24(18-21-12-6-3-7-13-21)26(30)27-19-22-14-8-4-9-15-22/h3-17,24H,2,18-20H2,1H3,(H,27,30)/t24-/m1/s1. The molecule has 0 fully saturated rings. The van der Waals surface area contributed by atoms with Crippen molar-refractivity contribution in [2.24, 2.45) is 0 Å². The molecule has 0 radical (unpaired) electrons. The topological polar surface area (TPSA) is 49.4 Å². The minimum absolute atomic E-state index is 0.0327. The van der Waals surface area contributed by atoms with Crippen molar-refractivity contribution >= 4 is 11.8 Å². The van der Waals surface area contributed by atoms with Gasteiger partial charge in [-0.1, -0.05) is 97.9 Å². The molecule has 1 atom stereocenters. The summed E-state index contributed by atoms with van der Waals surface area (Å²) >= 11 is 0. The summed E-state index contributed by atoms with van der Waals surface area (Å²) in [5.41, 5.74) is 3.06. The molecule has 0 saturated carbocycles. The fraction of sp³-hybridized carbons (Fsp3) is 0.231. The maximum Gasteiger partial charge on any atom is 0.243 e. The molecule has 0 unspecified atom stereocenters. The van der Waals surface area contributed by atoms with Crippen LogP contribution in [0.4, 0.5) is 0 Å². The highest BCUT2D eigenvalue weighted by atomic mass is 16.2. The van der Waals surface area contributed by atoms with Gasteiger partial charge in [0.15, 0.2) is 0 Å². The van der Waals surface area contributed by atoms with Crippen LogP contribution in [0.15, 0.2) is 91.0 Å². The number of amides is 2. The van der Waals surface area contributed by atoms with E-state index >= 15 is 0 Å². The van der Waals surface area contributed by atoms with Gasteiger partial charge in [0.05, 0.1) is 0 Å². The summed E-state index contributed by atoms with van der Waals surface area (Å²) in [5, 5.41) is 3.03. The first-order chi connectivity index (χ1) is 14.7. The first-order valence-electron chi connectivity index (χ1n) is 10.4. The number of nitrogens with zero attached hydrogens (tertiary/aromatic N) is 1. The molecule has 0 aliphatic rings. The molecular weight excluding hydrogens is 372 g/mol. The number of carbonyl (C=O) groups excluding carboxylic acids is 2. The van der Waals surface area contributed by atoms with Crippen LogP contribution in [-0.2, 0) is 29.1 Å². The summed E-state index contributed by atoms with van der Waals surface area (Å²) in [6, 6.07) is 28.9. The summed E-state index contributed by atoms with van der Waals surface area (Å²) in [4.78, 5) is 27.9. The summed E-state index contributed by atoms with van der Waals surface area (Å²) in [7, 11) is 0. The van der Waals surface area contributed by atoms with Crippen molar-refractivity contribution in [1.82, 2.24) is 10.2 Å². The van der Waals surface area contributed by atoms with Gasteiger partial charge in [0.25, 0.3) is 0 Å². The van der Waals surface area contributed by atoms with Gasteiger partial charge in [0.2, 0.25) is 11.8 Å². The Morgan fingerprint density at radius 2 is 1.27 bits per heavy atom. The Labute approximate surface area is 178 Å². The summed E-state index contributed by atoms with van der Waals surface area (Å²) < 4.78 is 0. The van der Waals surface area contributed by atoms with Crippen molar-refractivity contribution in [3.05, 3.63) is 108 Å². The lowest BCUT2D eigenvalue weighted by atomic mass is 10.0. The molecule has 0 heterocycles. The van der Waals surface area contributed by atoms with Gasteiger partial charge in [-0.05, 0) is 16.7 Å². The smallest absolute Gasteiger partial charge is 0.243 e. The monoisotopic (exact) mass is 400 g/mol. The largest absolute Gasteiger partial charge is 0.350 e. The van der Waals surface area contributed by atoms with Gasteiger partial charge in [0.1, 0.15) is 6.04 Å². The Hall–Kier alpha value is -3.40. The van der Waals surface area contributed by atoms with E-state index in [2.05, 4.69) is 5.32 Å². The van der Waals surface area contributed by atoms with Crippen LogP contribution in [-0.4, -0.2) is 22.8 Å². The predicted octanol–water partition coefficient (Wildman–Crippen LogP) is 4.35. The van der Waals surface area contributed by atoms with Crippen LogP contribution >= 0.6 is 0 Å². The average Bonchev–Trinajstić information content (AvgIpc) is 2.81. The van der Waals surface area contributed by atoms with Crippen LogP contribution in [0.2, 0.25) is 0 Å². The molecule has 30 heavy (non-hydrogen) atoms. The van der Waals surface area contributed by atoms with Crippen molar-refractivity contribution < 1.29 is 9.59 Å². The lowest BCUT2D eigenvalue weighted by molar-refractivity contribution is -0.141. The third-order valence-corrected chi connectivity index (χ3v) is 5.08. The quantitative estimate of drug-likeness (QED) is 0.580. The van der Waals surface area contributed by atoms with Crippen LogP contribution in [0.25, 0.3) is 0 Å². The molecule has 0 aliphatic carbocycles. The lowest BCUT2D eigenvalue weighted by Gasteiger charge is -2.31. The zero-order valence-corrected chi connectivity index (χ0v) is 17.3. The number of hydrogen-bond acceptors (Lipinski definition) is 2. The molecular formula is C26H28N2O2. The number of nitrogens with one attached hydrogen (secondary N) is 1. The summed E-state index contributed by atoms with van der Waals surface area (Å²) in [6.07, 6.45) is 0.824. The van der Waals surface area contributed by atoms with Gasteiger partial charge in [0, 0.05) is 25.9 Å². The third-order valence-electron chi connectivity index (χ3n) is 5.08. The van der Waals surface area contributed by atoms with Crippen LogP contribution in [0, 0.1) is 0 Å². The van der Waals surface area contributed by atoms with E-state index in [1.54, 1.807) is 4.90 Å². The highest BCUT2D eigenvalue weighted by Crippen LogP contribution is 2.16. The van der Waals surface area contributed by atoms with E-state index < -0.39 is 6.04 Å². The fourth-order valence-electron chi connectivity index (χ4n) is 3.44. The van der Waals surface area contributed by atoms with Crippen LogP contribution in [0.1, 0.15) is 30.0 Å². The number of rotatable bonds is 9. The van der Waals surface area contributed by atoms with Crippen molar-refractivity contribution in [2.75, 3.05) is 0 Å². The Bertz CT molecular complexity index is 927. The molecule has 0 spiro atoms. The zero-order chi connectivity index (χ0) is 21.2. The molecule has 0 bridgehead atoms. The van der Waals surface area contributed by atoms with Crippen molar-refractivity contribution in [3.63, 3.8) is 0 Å². The molecule has 2 amide bonds. The minimum Gasteiger partial charge on any atom is -0.350 e. The van der Waals surface area contributed by atoms with E-state index in [1.165, 1.54) is 0 Å². The molecule has 0 aromatic heterocycles. The lowest BCUT2D eigenvalue weighted by Crippen LogP contribution is -2.50. The van der Waals surface area contributed by atoms with Gasteiger partial charge in [-0.2, -0.15) is 0 Å². The van der Waals surface area contributed by atoms with Crippen molar-refractivity contribution in [1.29, 1.82) is 0 Å². The number of carbonyl (C=O) groups is 2. The van der Waals surface area contributed by atoms with Gasteiger partial charge in [-0.25, -0.2) is 0 Å².